The number of aliphatic hydroxyl groups excluding tert-OH is 1. The van der Waals surface area contributed by atoms with Crippen LogP contribution in [0.4, 0.5) is 0 Å². The van der Waals surface area contributed by atoms with Gasteiger partial charge in [0.05, 0.1) is 6.61 Å². The predicted octanol–water partition coefficient (Wildman–Crippen LogP) is 1.84. The molecule has 0 aliphatic heterocycles. The van der Waals surface area contributed by atoms with E-state index in [4.69, 9.17) is 5.73 Å². The van der Waals surface area contributed by atoms with E-state index in [1.807, 2.05) is 35.2 Å². The number of rotatable bonds is 6. The summed E-state index contributed by atoms with van der Waals surface area (Å²) in [5.41, 5.74) is 7.10. The molecule has 3 N–H and O–H groups in total. The van der Waals surface area contributed by atoms with Crippen molar-refractivity contribution in [2.75, 3.05) is 13.2 Å². The summed E-state index contributed by atoms with van der Waals surface area (Å²) in [5, 5.41) is 9.17. The van der Waals surface area contributed by atoms with Crippen LogP contribution in [0.5, 0.6) is 0 Å². The van der Waals surface area contributed by atoms with Crippen LogP contribution in [0.3, 0.4) is 0 Å². The number of hydrogen-bond acceptors (Lipinski definition) is 3. The van der Waals surface area contributed by atoms with Crippen LogP contribution in [0.25, 0.3) is 0 Å². The van der Waals surface area contributed by atoms with Crippen molar-refractivity contribution in [3.63, 3.8) is 0 Å². The lowest BCUT2D eigenvalue weighted by atomic mass is 10.0. The molecule has 1 amide bonds. The molecule has 1 aliphatic rings. The third-order valence-corrected chi connectivity index (χ3v) is 4.05. The fourth-order valence-corrected chi connectivity index (χ4v) is 2.96. The Hall–Kier alpha value is -1.39. The zero-order valence-electron chi connectivity index (χ0n) is 11.9. The summed E-state index contributed by atoms with van der Waals surface area (Å²) < 4.78 is 0. The van der Waals surface area contributed by atoms with E-state index >= 15 is 0 Å². The highest BCUT2D eigenvalue weighted by Crippen LogP contribution is 2.25. The summed E-state index contributed by atoms with van der Waals surface area (Å²) >= 11 is 0. The molecular weight excluding hydrogens is 252 g/mol. The van der Waals surface area contributed by atoms with Crippen molar-refractivity contribution in [2.24, 2.45) is 5.73 Å². The molecule has 0 radical (unpaired) electrons. The smallest absolute Gasteiger partial charge is 0.224 e. The molecule has 4 heteroatoms. The van der Waals surface area contributed by atoms with Crippen molar-refractivity contribution in [3.8, 4) is 0 Å². The van der Waals surface area contributed by atoms with Gasteiger partial charge in [-0.15, -0.1) is 0 Å². The van der Waals surface area contributed by atoms with Gasteiger partial charge in [-0.3, -0.25) is 4.79 Å². The second-order valence-corrected chi connectivity index (χ2v) is 5.47. The summed E-state index contributed by atoms with van der Waals surface area (Å²) in [7, 11) is 0. The van der Waals surface area contributed by atoms with E-state index in [9.17, 15) is 9.90 Å². The van der Waals surface area contributed by atoms with Gasteiger partial charge in [-0.05, 0) is 18.4 Å². The van der Waals surface area contributed by atoms with E-state index in [0.29, 0.717) is 13.0 Å². The fourth-order valence-electron chi connectivity index (χ4n) is 2.96. The highest BCUT2D eigenvalue weighted by molar-refractivity contribution is 5.77. The third-order valence-electron chi connectivity index (χ3n) is 4.05. The van der Waals surface area contributed by atoms with Crippen molar-refractivity contribution in [1.82, 2.24) is 4.90 Å². The minimum Gasteiger partial charge on any atom is -0.395 e. The van der Waals surface area contributed by atoms with Gasteiger partial charge in [0, 0.05) is 25.0 Å². The third kappa shape index (κ3) is 3.81. The fraction of sp³-hybridized carbons (Fsp3) is 0.562. The van der Waals surface area contributed by atoms with Crippen molar-refractivity contribution < 1.29 is 9.90 Å². The first-order valence-corrected chi connectivity index (χ1v) is 7.43. The van der Waals surface area contributed by atoms with Crippen LogP contribution in [0.1, 0.15) is 43.7 Å². The summed E-state index contributed by atoms with van der Waals surface area (Å²) in [6.45, 7) is 0.438. The van der Waals surface area contributed by atoms with Gasteiger partial charge in [-0.25, -0.2) is 0 Å². The second kappa shape index (κ2) is 7.41. The van der Waals surface area contributed by atoms with Gasteiger partial charge in [-0.2, -0.15) is 0 Å². The predicted molar refractivity (Wildman–Crippen MR) is 79.0 cm³/mol. The molecule has 0 bridgehead atoms. The number of carbonyl (C=O) groups is 1. The van der Waals surface area contributed by atoms with E-state index in [1.54, 1.807) is 0 Å². The molecule has 1 aliphatic carbocycles. The molecule has 1 saturated carbocycles. The lowest BCUT2D eigenvalue weighted by molar-refractivity contribution is -0.134. The molecule has 1 unspecified atom stereocenters. The van der Waals surface area contributed by atoms with Crippen molar-refractivity contribution >= 4 is 5.91 Å². The SMILES string of the molecule is NC(CC(=O)N(CCO)C1CCCC1)c1ccccc1. The van der Waals surface area contributed by atoms with E-state index in [0.717, 1.165) is 18.4 Å². The van der Waals surface area contributed by atoms with Crippen LogP contribution in [0.15, 0.2) is 30.3 Å². The molecule has 1 aromatic carbocycles. The van der Waals surface area contributed by atoms with Gasteiger partial charge in [0.25, 0.3) is 0 Å². The highest BCUT2D eigenvalue weighted by Gasteiger charge is 2.27. The maximum atomic E-state index is 12.4. The van der Waals surface area contributed by atoms with E-state index in [1.165, 1.54) is 12.8 Å². The number of hydrogen-bond donors (Lipinski definition) is 2. The average molecular weight is 276 g/mol. The normalized spacial score (nSPS) is 17.1. The van der Waals surface area contributed by atoms with Crippen molar-refractivity contribution in [2.45, 2.75) is 44.2 Å². The number of benzene rings is 1. The van der Waals surface area contributed by atoms with Crippen LogP contribution in [0, 0.1) is 0 Å². The Morgan fingerprint density at radius 1 is 1.30 bits per heavy atom. The first-order chi connectivity index (χ1) is 9.72. The second-order valence-electron chi connectivity index (χ2n) is 5.47. The number of nitrogens with two attached hydrogens (primary N) is 1. The number of nitrogens with zero attached hydrogens (tertiary/aromatic N) is 1. The lowest BCUT2D eigenvalue weighted by Gasteiger charge is -2.29. The average Bonchev–Trinajstić information content (AvgIpc) is 2.99. The first kappa shape index (κ1) is 15.0. The maximum Gasteiger partial charge on any atom is 0.224 e. The van der Waals surface area contributed by atoms with Gasteiger partial charge >= 0.3 is 0 Å². The maximum absolute atomic E-state index is 12.4. The van der Waals surface area contributed by atoms with Crippen LogP contribution in [-0.2, 0) is 4.79 Å². The minimum absolute atomic E-state index is 0.0167. The van der Waals surface area contributed by atoms with E-state index in [-0.39, 0.29) is 24.6 Å². The molecule has 0 heterocycles. The van der Waals surface area contributed by atoms with E-state index in [2.05, 4.69) is 0 Å². The Balaban J connectivity index is 1.97. The molecule has 4 nitrogen and oxygen atoms in total. The zero-order chi connectivity index (χ0) is 14.4. The van der Waals surface area contributed by atoms with Gasteiger partial charge in [-0.1, -0.05) is 43.2 Å². The van der Waals surface area contributed by atoms with Gasteiger partial charge in [0.1, 0.15) is 0 Å². The monoisotopic (exact) mass is 276 g/mol. The summed E-state index contributed by atoms with van der Waals surface area (Å²) in [6.07, 6.45) is 4.74. The topological polar surface area (TPSA) is 66.6 Å². The standard InChI is InChI=1S/C16H24N2O2/c17-15(13-6-2-1-3-7-13)12-16(20)18(10-11-19)14-8-4-5-9-14/h1-3,6-7,14-15,19H,4-5,8-12,17H2. The zero-order valence-corrected chi connectivity index (χ0v) is 11.9. The first-order valence-electron chi connectivity index (χ1n) is 7.43. The molecular formula is C16H24N2O2. The Morgan fingerprint density at radius 3 is 2.55 bits per heavy atom. The molecule has 1 aromatic rings. The largest absolute Gasteiger partial charge is 0.395 e. The van der Waals surface area contributed by atoms with Crippen molar-refractivity contribution in [1.29, 1.82) is 0 Å². The van der Waals surface area contributed by atoms with Gasteiger partial charge in [0.2, 0.25) is 5.91 Å². The molecule has 20 heavy (non-hydrogen) atoms. The number of aliphatic hydroxyl groups is 1. The molecule has 0 saturated heterocycles. The molecule has 0 spiro atoms. The minimum atomic E-state index is -0.272. The molecule has 2 rings (SSSR count). The van der Waals surface area contributed by atoms with Crippen LogP contribution < -0.4 is 5.73 Å². The van der Waals surface area contributed by atoms with Crippen LogP contribution in [0.2, 0.25) is 0 Å². The molecule has 0 aromatic heterocycles. The number of amides is 1. The van der Waals surface area contributed by atoms with Crippen LogP contribution >= 0.6 is 0 Å². The van der Waals surface area contributed by atoms with Gasteiger partial charge < -0.3 is 15.7 Å². The molecule has 1 atom stereocenters. The van der Waals surface area contributed by atoms with E-state index < -0.39 is 0 Å². The summed E-state index contributed by atoms with van der Waals surface area (Å²) in [5.74, 6) is 0.0577. The number of carbonyl (C=O) groups excluding carboxylic acids is 1. The Bertz CT molecular complexity index is 416. The molecule has 1 fully saturated rings. The van der Waals surface area contributed by atoms with Crippen molar-refractivity contribution in [3.05, 3.63) is 35.9 Å². The highest BCUT2D eigenvalue weighted by atomic mass is 16.3. The Labute approximate surface area is 120 Å². The van der Waals surface area contributed by atoms with Crippen LogP contribution in [-0.4, -0.2) is 35.1 Å². The summed E-state index contributed by atoms with van der Waals surface area (Å²) in [4.78, 5) is 14.3. The quantitative estimate of drug-likeness (QED) is 0.833. The molecule has 110 valence electrons. The Kier molecular flexibility index (Phi) is 5.56. The van der Waals surface area contributed by atoms with Gasteiger partial charge in [0.15, 0.2) is 0 Å². The Morgan fingerprint density at radius 2 is 1.95 bits per heavy atom. The summed E-state index contributed by atoms with van der Waals surface area (Å²) in [6, 6.07) is 9.72. The lowest BCUT2D eigenvalue weighted by Crippen LogP contribution is -2.41.